The molecular weight excluding hydrogens is 458 g/mol. The summed E-state index contributed by atoms with van der Waals surface area (Å²) in [5.41, 5.74) is 7.50. The summed E-state index contributed by atoms with van der Waals surface area (Å²) < 4.78 is 0. The number of amides is 3. The molecule has 12 heteroatoms. The van der Waals surface area contributed by atoms with Gasteiger partial charge in [0.05, 0.1) is 12.5 Å². The highest BCUT2D eigenvalue weighted by molar-refractivity contribution is 5.95. The van der Waals surface area contributed by atoms with Crippen LogP contribution in [0.2, 0.25) is 0 Å². The smallest absolute Gasteiger partial charge is 0.322 e. The number of hydrogen-bond donors (Lipinski definition) is 7. The summed E-state index contributed by atoms with van der Waals surface area (Å²) in [6, 6.07) is 3.75. The van der Waals surface area contributed by atoms with Gasteiger partial charge in [-0.05, 0) is 24.0 Å². The lowest BCUT2D eigenvalue weighted by Gasteiger charge is -2.24. The summed E-state index contributed by atoms with van der Waals surface area (Å²) in [7, 11) is 0. The van der Waals surface area contributed by atoms with E-state index >= 15 is 0 Å². The maximum absolute atomic E-state index is 13.2. The predicted octanol–water partition coefficient (Wildman–Crippen LogP) is -0.271. The molecule has 2 rings (SSSR count). The molecule has 8 N–H and O–H groups in total. The number of carbonyl (C=O) groups is 5. The molecule has 1 aromatic carbocycles. The van der Waals surface area contributed by atoms with Crippen LogP contribution in [0.15, 0.2) is 30.5 Å². The number of nitrogens with one attached hydrogen (secondary N) is 4. The molecule has 3 amide bonds. The molecule has 2 aromatic rings. The van der Waals surface area contributed by atoms with Gasteiger partial charge >= 0.3 is 11.9 Å². The van der Waals surface area contributed by atoms with Gasteiger partial charge in [0, 0.05) is 23.5 Å². The highest BCUT2D eigenvalue weighted by atomic mass is 16.4. The fourth-order valence-corrected chi connectivity index (χ4v) is 3.57. The highest BCUT2D eigenvalue weighted by Gasteiger charge is 2.30. The van der Waals surface area contributed by atoms with E-state index in [4.69, 9.17) is 15.9 Å². The number of aromatic amines is 1. The zero-order valence-electron chi connectivity index (χ0n) is 19.5. The molecule has 1 heterocycles. The van der Waals surface area contributed by atoms with Crippen LogP contribution in [-0.4, -0.2) is 69.5 Å². The lowest BCUT2D eigenvalue weighted by molar-refractivity contribution is -0.141. The molecule has 0 aliphatic rings. The van der Waals surface area contributed by atoms with E-state index in [0.29, 0.717) is 12.0 Å². The second-order valence-electron chi connectivity index (χ2n) is 8.63. The first kappa shape index (κ1) is 27.3. The van der Waals surface area contributed by atoms with Crippen molar-refractivity contribution >= 4 is 40.6 Å². The maximum atomic E-state index is 13.2. The first-order valence-corrected chi connectivity index (χ1v) is 11.1. The van der Waals surface area contributed by atoms with Crippen molar-refractivity contribution in [2.24, 2.45) is 11.7 Å². The summed E-state index contributed by atoms with van der Waals surface area (Å²) in [6.45, 7) is 3.05. The van der Waals surface area contributed by atoms with E-state index in [0.717, 1.165) is 10.9 Å². The fourth-order valence-electron chi connectivity index (χ4n) is 3.57. The van der Waals surface area contributed by atoms with Crippen molar-refractivity contribution < 1.29 is 34.2 Å². The van der Waals surface area contributed by atoms with E-state index in [1.54, 1.807) is 6.20 Å². The van der Waals surface area contributed by atoms with Gasteiger partial charge in [0.15, 0.2) is 0 Å². The standard InChI is InChI=1S/C23H31N5O7/c1-12(2)7-15(24)21(33)27-17(8-13-10-25-16-6-4-3-5-14(13)16)23(35)28-18(9-19(29)30)22(34)26-11-20(31)32/h3-6,10,12,15,17-18,25H,7-9,11,24H2,1-2H3,(H,26,34)(H,27,33)(H,28,35)(H,29,30)(H,31,32). The third-order valence-corrected chi connectivity index (χ3v) is 5.22. The molecule has 0 fully saturated rings. The third kappa shape index (κ3) is 8.41. The number of benzene rings is 1. The first-order valence-electron chi connectivity index (χ1n) is 11.1. The highest BCUT2D eigenvalue weighted by Crippen LogP contribution is 2.19. The molecule has 1 aromatic heterocycles. The van der Waals surface area contributed by atoms with E-state index in [1.165, 1.54) is 0 Å². The minimum absolute atomic E-state index is 0.0342. The van der Waals surface area contributed by atoms with Gasteiger partial charge in [0.25, 0.3) is 0 Å². The van der Waals surface area contributed by atoms with Gasteiger partial charge in [-0.1, -0.05) is 32.0 Å². The van der Waals surface area contributed by atoms with Gasteiger partial charge in [0.2, 0.25) is 17.7 Å². The van der Waals surface area contributed by atoms with Crippen LogP contribution in [0, 0.1) is 5.92 Å². The zero-order chi connectivity index (χ0) is 26.1. The number of hydrogen-bond acceptors (Lipinski definition) is 6. The van der Waals surface area contributed by atoms with Crippen LogP contribution in [0.25, 0.3) is 10.9 Å². The van der Waals surface area contributed by atoms with Crippen LogP contribution in [0.1, 0.15) is 32.3 Å². The maximum Gasteiger partial charge on any atom is 0.322 e. The molecule has 0 aliphatic carbocycles. The summed E-state index contributed by atoms with van der Waals surface area (Å²) in [5.74, 6) is -4.92. The quantitative estimate of drug-likeness (QED) is 0.199. The topological polar surface area (TPSA) is 204 Å². The van der Waals surface area contributed by atoms with Gasteiger partial charge < -0.3 is 36.9 Å². The second kappa shape index (κ2) is 12.5. The monoisotopic (exact) mass is 489 g/mol. The van der Waals surface area contributed by atoms with Crippen LogP contribution in [0.4, 0.5) is 0 Å². The predicted molar refractivity (Wildman–Crippen MR) is 126 cm³/mol. The average molecular weight is 490 g/mol. The third-order valence-electron chi connectivity index (χ3n) is 5.22. The fraction of sp³-hybridized carbons (Fsp3) is 0.435. The SMILES string of the molecule is CC(C)CC(N)C(=O)NC(Cc1c[nH]c2ccccc12)C(=O)NC(CC(=O)O)C(=O)NCC(=O)O. The molecule has 0 radical (unpaired) electrons. The number of carboxylic acid groups (broad SMARTS) is 2. The molecule has 0 bridgehead atoms. The van der Waals surface area contributed by atoms with E-state index < -0.39 is 60.8 Å². The van der Waals surface area contributed by atoms with Crippen molar-refractivity contribution in [1.82, 2.24) is 20.9 Å². The summed E-state index contributed by atoms with van der Waals surface area (Å²) in [4.78, 5) is 63.2. The van der Waals surface area contributed by atoms with Gasteiger partial charge in [-0.25, -0.2) is 0 Å². The van der Waals surface area contributed by atoms with E-state index in [-0.39, 0.29) is 12.3 Å². The van der Waals surface area contributed by atoms with Crippen molar-refractivity contribution in [3.8, 4) is 0 Å². The Labute approximate surface area is 201 Å². The number of carbonyl (C=O) groups excluding carboxylic acids is 3. The lowest BCUT2D eigenvalue weighted by Crippen LogP contribution is -2.57. The number of para-hydroxylation sites is 1. The minimum Gasteiger partial charge on any atom is -0.481 e. The Morgan fingerprint density at radius 1 is 0.943 bits per heavy atom. The Bertz CT molecular complexity index is 1080. The molecule has 190 valence electrons. The molecule has 0 spiro atoms. The number of aromatic nitrogens is 1. The van der Waals surface area contributed by atoms with Crippen LogP contribution in [0.5, 0.6) is 0 Å². The van der Waals surface area contributed by atoms with Crippen LogP contribution in [0.3, 0.4) is 0 Å². The molecular formula is C23H31N5O7. The van der Waals surface area contributed by atoms with Gasteiger partial charge in [-0.15, -0.1) is 0 Å². The number of nitrogens with two attached hydrogens (primary N) is 1. The number of fused-ring (bicyclic) bond motifs is 1. The van der Waals surface area contributed by atoms with E-state index in [2.05, 4.69) is 20.9 Å². The molecule has 3 atom stereocenters. The van der Waals surface area contributed by atoms with Crippen LogP contribution in [-0.2, 0) is 30.4 Å². The van der Waals surface area contributed by atoms with Crippen molar-refractivity contribution in [3.63, 3.8) is 0 Å². The van der Waals surface area contributed by atoms with Crippen LogP contribution >= 0.6 is 0 Å². The number of carboxylic acids is 2. The van der Waals surface area contributed by atoms with Gasteiger partial charge in [0.1, 0.15) is 18.6 Å². The molecule has 35 heavy (non-hydrogen) atoms. The van der Waals surface area contributed by atoms with Crippen molar-refractivity contribution in [2.45, 2.75) is 51.2 Å². The van der Waals surface area contributed by atoms with E-state index in [1.807, 2.05) is 38.1 Å². The van der Waals surface area contributed by atoms with Crippen molar-refractivity contribution in [1.29, 1.82) is 0 Å². The Kier molecular flexibility index (Phi) is 9.76. The van der Waals surface area contributed by atoms with E-state index in [9.17, 15) is 24.0 Å². The zero-order valence-corrected chi connectivity index (χ0v) is 19.5. The Hall–Kier alpha value is -3.93. The minimum atomic E-state index is -1.55. The second-order valence-corrected chi connectivity index (χ2v) is 8.63. The average Bonchev–Trinajstić information content (AvgIpc) is 3.18. The lowest BCUT2D eigenvalue weighted by atomic mass is 10.0. The van der Waals surface area contributed by atoms with Gasteiger partial charge in [-0.2, -0.15) is 0 Å². The number of aliphatic carboxylic acids is 2. The molecule has 12 nitrogen and oxygen atoms in total. The molecule has 3 unspecified atom stereocenters. The molecule has 0 aliphatic heterocycles. The van der Waals surface area contributed by atoms with Gasteiger partial charge in [-0.3, -0.25) is 24.0 Å². The van der Waals surface area contributed by atoms with Crippen molar-refractivity contribution in [3.05, 3.63) is 36.0 Å². The normalized spacial score (nSPS) is 13.6. The Balaban J connectivity index is 2.27. The summed E-state index contributed by atoms with van der Waals surface area (Å²) in [6.07, 6.45) is 1.33. The summed E-state index contributed by atoms with van der Waals surface area (Å²) in [5, 5.41) is 25.7. The Morgan fingerprint density at radius 2 is 1.60 bits per heavy atom. The first-order chi connectivity index (χ1) is 16.5. The number of rotatable bonds is 13. The largest absolute Gasteiger partial charge is 0.481 e. The summed E-state index contributed by atoms with van der Waals surface area (Å²) >= 11 is 0. The Morgan fingerprint density at radius 3 is 2.23 bits per heavy atom. The molecule has 0 saturated carbocycles. The van der Waals surface area contributed by atoms with Crippen molar-refractivity contribution in [2.75, 3.05) is 6.54 Å². The molecule has 0 saturated heterocycles. The van der Waals surface area contributed by atoms with Crippen LogP contribution < -0.4 is 21.7 Å². The number of H-pyrrole nitrogens is 1.